The van der Waals surface area contributed by atoms with Crippen molar-refractivity contribution in [1.29, 1.82) is 0 Å². The summed E-state index contributed by atoms with van der Waals surface area (Å²) >= 11 is 17.0. The van der Waals surface area contributed by atoms with E-state index < -0.39 is 5.91 Å². The van der Waals surface area contributed by atoms with E-state index >= 15 is 0 Å². The van der Waals surface area contributed by atoms with Gasteiger partial charge in [0.1, 0.15) is 5.75 Å². The van der Waals surface area contributed by atoms with Gasteiger partial charge < -0.3 is 15.4 Å². The van der Waals surface area contributed by atoms with E-state index in [9.17, 15) is 9.59 Å². The van der Waals surface area contributed by atoms with Gasteiger partial charge in [0.2, 0.25) is 0 Å². The third-order valence-electron chi connectivity index (χ3n) is 3.87. The number of hydrogen-bond donors (Lipinski definition) is 3. The van der Waals surface area contributed by atoms with Crippen LogP contribution in [0, 0.1) is 0 Å². The molecule has 0 saturated heterocycles. The molecule has 0 aliphatic heterocycles. The van der Waals surface area contributed by atoms with E-state index in [1.807, 2.05) is 18.2 Å². The number of carbonyl (C=O) groups is 2. The van der Waals surface area contributed by atoms with Gasteiger partial charge in [-0.3, -0.25) is 14.9 Å². The fraction of sp³-hybridized carbons (Fsp3) is 0.0455. The molecule has 0 radical (unpaired) electrons. The summed E-state index contributed by atoms with van der Waals surface area (Å²) in [5.41, 5.74) is 1.40. The van der Waals surface area contributed by atoms with Gasteiger partial charge in [-0.1, -0.05) is 47.5 Å². The molecule has 0 bridgehead atoms. The minimum absolute atomic E-state index is 0.0805. The summed E-state index contributed by atoms with van der Waals surface area (Å²) in [4.78, 5) is 24.4. The van der Waals surface area contributed by atoms with Gasteiger partial charge in [-0.15, -0.1) is 0 Å². The van der Waals surface area contributed by atoms with Crippen molar-refractivity contribution in [2.24, 2.45) is 0 Å². The Balaban J connectivity index is 1.54. The molecule has 0 aliphatic rings. The summed E-state index contributed by atoms with van der Waals surface area (Å²) in [7, 11) is 0. The zero-order valence-electron chi connectivity index (χ0n) is 16.0. The number of carbonyl (C=O) groups excluding carboxylic acids is 2. The molecular weight excluding hydrogens is 457 g/mol. The standard InChI is InChI=1S/C22H17Cl2N3O3S/c23-15-9-14(10-16(24)11-15)21(29)27-22(31)26-18-6-4-5-17(12-18)25-20(28)13-30-19-7-2-1-3-8-19/h1-12H,13H2,(H,25,28)(H2,26,27,29,31). The summed E-state index contributed by atoms with van der Waals surface area (Å²) in [6.07, 6.45) is 0. The Morgan fingerprint density at radius 3 is 2.16 bits per heavy atom. The highest BCUT2D eigenvalue weighted by molar-refractivity contribution is 7.80. The smallest absolute Gasteiger partial charge is 0.262 e. The van der Waals surface area contributed by atoms with E-state index in [4.69, 9.17) is 40.2 Å². The molecule has 3 aromatic carbocycles. The molecule has 2 amide bonds. The van der Waals surface area contributed by atoms with E-state index in [-0.39, 0.29) is 23.2 Å². The van der Waals surface area contributed by atoms with Crippen LogP contribution in [0.3, 0.4) is 0 Å². The highest BCUT2D eigenvalue weighted by Gasteiger charge is 2.11. The minimum Gasteiger partial charge on any atom is -0.484 e. The number of anilines is 2. The predicted octanol–water partition coefficient (Wildman–Crippen LogP) is 5.14. The third kappa shape index (κ3) is 7.25. The van der Waals surface area contributed by atoms with Crippen molar-refractivity contribution >= 4 is 63.7 Å². The number of amides is 2. The van der Waals surface area contributed by atoms with Crippen molar-refractivity contribution < 1.29 is 14.3 Å². The highest BCUT2D eigenvalue weighted by Crippen LogP contribution is 2.19. The van der Waals surface area contributed by atoms with E-state index in [0.717, 1.165) is 0 Å². The number of hydrogen-bond acceptors (Lipinski definition) is 4. The van der Waals surface area contributed by atoms with Crippen molar-refractivity contribution in [3.63, 3.8) is 0 Å². The van der Waals surface area contributed by atoms with Crippen LogP contribution in [-0.2, 0) is 4.79 Å². The van der Waals surface area contributed by atoms with E-state index in [0.29, 0.717) is 27.2 Å². The quantitative estimate of drug-likeness (QED) is 0.432. The van der Waals surface area contributed by atoms with Crippen LogP contribution in [0.25, 0.3) is 0 Å². The number of rotatable bonds is 6. The lowest BCUT2D eigenvalue weighted by molar-refractivity contribution is -0.118. The topological polar surface area (TPSA) is 79.5 Å². The zero-order chi connectivity index (χ0) is 22.2. The molecule has 0 fully saturated rings. The Hall–Kier alpha value is -3.13. The molecule has 3 rings (SSSR count). The minimum atomic E-state index is -0.454. The lowest BCUT2D eigenvalue weighted by Crippen LogP contribution is -2.34. The summed E-state index contributed by atoms with van der Waals surface area (Å²) in [6.45, 7) is -0.127. The summed E-state index contributed by atoms with van der Waals surface area (Å²) < 4.78 is 5.42. The Bertz CT molecular complexity index is 1090. The summed E-state index contributed by atoms with van der Waals surface area (Å²) in [5, 5.41) is 8.96. The highest BCUT2D eigenvalue weighted by atomic mass is 35.5. The number of para-hydroxylation sites is 1. The Morgan fingerprint density at radius 2 is 1.48 bits per heavy atom. The van der Waals surface area contributed by atoms with Crippen LogP contribution in [0.4, 0.5) is 11.4 Å². The fourth-order valence-corrected chi connectivity index (χ4v) is 3.30. The number of nitrogens with one attached hydrogen (secondary N) is 3. The maximum Gasteiger partial charge on any atom is 0.262 e. The maximum atomic E-state index is 12.3. The molecule has 9 heteroatoms. The van der Waals surface area contributed by atoms with Crippen molar-refractivity contribution in [1.82, 2.24) is 5.32 Å². The van der Waals surface area contributed by atoms with Crippen LogP contribution >= 0.6 is 35.4 Å². The molecule has 0 spiro atoms. The first-order valence-corrected chi connectivity index (χ1v) is 10.2. The summed E-state index contributed by atoms with van der Waals surface area (Å²) in [5.74, 6) is -0.158. The fourth-order valence-electron chi connectivity index (χ4n) is 2.56. The molecule has 31 heavy (non-hydrogen) atoms. The first-order valence-electron chi connectivity index (χ1n) is 9.05. The van der Waals surface area contributed by atoms with Gasteiger partial charge in [0, 0.05) is 27.0 Å². The van der Waals surface area contributed by atoms with Crippen LogP contribution < -0.4 is 20.7 Å². The number of ether oxygens (including phenoxy) is 1. The number of halogens is 2. The summed E-state index contributed by atoms with van der Waals surface area (Å²) in [6, 6.07) is 20.4. The lowest BCUT2D eigenvalue weighted by Gasteiger charge is -2.12. The second-order valence-corrected chi connectivity index (χ2v) is 7.58. The maximum absolute atomic E-state index is 12.3. The number of benzene rings is 3. The first kappa shape index (κ1) is 22.6. The van der Waals surface area contributed by atoms with Crippen LogP contribution in [0.5, 0.6) is 5.75 Å². The molecule has 158 valence electrons. The first-order chi connectivity index (χ1) is 14.9. The van der Waals surface area contributed by atoms with E-state index in [1.165, 1.54) is 18.2 Å². The molecule has 3 aromatic rings. The van der Waals surface area contributed by atoms with Gasteiger partial charge in [-0.2, -0.15) is 0 Å². The SMILES string of the molecule is O=C(COc1ccccc1)Nc1cccc(NC(=S)NC(=O)c2cc(Cl)cc(Cl)c2)c1. The largest absolute Gasteiger partial charge is 0.484 e. The van der Waals surface area contributed by atoms with Crippen molar-refractivity contribution in [3.8, 4) is 5.75 Å². The van der Waals surface area contributed by atoms with Crippen LogP contribution in [0.1, 0.15) is 10.4 Å². The Labute approximate surface area is 194 Å². The second kappa shape index (κ2) is 10.8. The van der Waals surface area contributed by atoms with E-state index in [1.54, 1.807) is 36.4 Å². The molecule has 0 saturated carbocycles. The third-order valence-corrected chi connectivity index (χ3v) is 4.51. The molecular formula is C22H17Cl2N3O3S. The Morgan fingerprint density at radius 1 is 0.839 bits per heavy atom. The van der Waals surface area contributed by atoms with Gasteiger partial charge in [-0.25, -0.2) is 0 Å². The molecule has 3 N–H and O–H groups in total. The van der Waals surface area contributed by atoms with Gasteiger partial charge >= 0.3 is 0 Å². The molecule has 0 unspecified atom stereocenters. The molecule has 0 atom stereocenters. The van der Waals surface area contributed by atoms with Gasteiger partial charge in [-0.05, 0) is 60.7 Å². The predicted molar refractivity (Wildman–Crippen MR) is 127 cm³/mol. The molecule has 0 heterocycles. The van der Waals surface area contributed by atoms with Crippen LogP contribution in [0.2, 0.25) is 10.0 Å². The van der Waals surface area contributed by atoms with Gasteiger partial charge in [0.25, 0.3) is 11.8 Å². The van der Waals surface area contributed by atoms with Crippen molar-refractivity contribution in [3.05, 3.63) is 88.4 Å². The van der Waals surface area contributed by atoms with Crippen LogP contribution in [0.15, 0.2) is 72.8 Å². The number of thiocarbonyl (C=S) groups is 1. The van der Waals surface area contributed by atoms with Crippen molar-refractivity contribution in [2.75, 3.05) is 17.2 Å². The molecule has 0 aromatic heterocycles. The molecule has 0 aliphatic carbocycles. The monoisotopic (exact) mass is 473 g/mol. The van der Waals surface area contributed by atoms with Gasteiger partial charge in [0.05, 0.1) is 0 Å². The second-order valence-electron chi connectivity index (χ2n) is 6.30. The van der Waals surface area contributed by atoms with Crippen molar-refractivity contribution in [2.45, 2.75) is 0 Å². The van der Waals surface area contributed by atoms with E-state index in [2.05, 4.69) is 16.0 Å². The zero-order valence-corrected chi connectivity index (χ0v) is 18.4. The average molecular weight is 474 g/mol. The average Bonchev–Trinajstić information content (AvgIpc) is 2.72. The van der Waals surface area contributed by atoms with Crippen LogP contribution in [-0.4, -0.2) is 23.5 Å². The lowest BCUT2D eigenvalue weighted by atomic mass is 10.2. The van der Waals surface area contributed by atoms with Gasteiger partial charge in [0.15, 0.2) is 11.7 Å². The molecule has 6 nitrogen and oxygen atoms in total. The normalized spacial score (nSPS) is 10.1. The Kier molecular flexibility index (Phi) is 7.83.